The van der Waals surface area contributed by atoms with Gasteiger partial charge in [0, 0.05) is 19.8 Å². The van der Waals surface area contributed by atoms with Crippen molar-refractivity contribution in [2.75, 3.05) is 13.2 Å². The molecule has 0 aliphatic carbocycles. The second-order valence-corrected chi connectivity index (χ2v) is 7.30. The maximum absolute atomic E-state index is 11.8. The fourth-order valence-corrected chi connectivity index (χ4v) is 3.18. The predicted octanol–water partition coefficient (Wildman–Crippen LogP) is -3.66. The van der Waals surface area contributed by atoms with Crippen LogP contribution in [0.4, 0.5) is 0 Å². The third-order valence-electron chi connectivity index (χ3n) is 4.70. The first-order chi connectivity index (χ1) is 13.9. The summed E-state index contributed by atoms with van der Waals surface area (Å²) in [4.78, 5) is 34.3. The molecule has 10 N–H and O–H groups in total. The van der Waals surface area contributed by atoms with Gasteiger partial charge in [0.1, 0.15) is 18.9 Å². The van der Waals surface area contributed by atoms with Gasteiger partial charge >= 0.3 is 11.9 Å². The highest BCUT2D eigenvalue weighted by Crippen LogP contribution is 2.35. The van der Waals surface area contributed by atoms with Gasteiger partial charge in [-0.25, -0.2) is 4.79 Å². The van der Waals surface area contributed by atoms with E-state index < -0.39 is 79.6 Å². The van der Waals surface area contributed by atoms with E-state index in [4.69, 9.17) is 20.9 Å². The highest BCUT2D eigenvalue weighted by molar-refractivity contribution is 5.76. The molecule has 1 rings (SSSR count). The van der Waals surface area contributed by atoms with Gasteiger partial charge in [0.15, 0.2) is 0 Å². The zero-order chi connectivity index (χ0) is 23.1. The number of carboxylic acids is 1. The molecule has 1 aliphatic heterocycles. The summed E-state index contributed by atoms with van der Waals surface area (Å²) in [6.45, 7) is 0.930. The van der Waals surface area contributed by atoms with Crippen molar-refractivity contribution in [1.82, 2.24) is 5.32 Å². The quantitative estimate of drug-likeness (QED) is 0.115. The maximum atomic E-state index is 11.8. The number of carbonyl (C=O) groups is 3. The molecule has 1 saturated heterocycles. The number of amides is 1. The molecule has 0 saturated carbocycles. The smallest absolute Gasteiger partial charge is 0.364 e. The van der Waals surface area contributed by atoms with Gasteiger partial charge in [-0.1, -0.05) is 0 Å². The number of carboxylic acid groups (broad SMARTS) is 1. The molecule has 174 valence electrons. The van der Waals surface area contributed by atoms with Crippen molar-refractivity contribution in [2.45, 2.75) is 69.0 Å². The minimum absolute atomic E-state index is 0.292. The summed E-state index contributed by atoms with van der Waals surface area (Å²) >= 11 is 0. The van der Waals surface area contributed by atoms with Crippen LogP contribution in [0.5, 0.6) is 0 Å². The number of esters is 1. The minimum Gasteiger partial charge on any atom is -0.477 e. The summed E-state index contributed by atoms with van der Waals surface area (Å²) in [5.41, 5.74) is 11.0. The third kappa shape index (κ3) is 7.43. The van der Waals surface area contributed by atoms with Gasteiger partial charge in [-0.05, 0) is 19.4 Å². The first kappa shape index (κ1) is 26.2. The van der Waals surface area contributed by atoms with E-state index in [2.05, 4.69) is 5.32 Å². The number of aliphatic carboxylic acids is 1. The van der Waals surface area contributed by atoms with E-state index in [1.807, 2.05) is 0 Å². The minimum atomic E-state index is -2.77. The second kappa shape index (κ2) is 11.5. The summed E-state index contributed by atoms with van der Waals surface area (Å²) in [5, 5.41) is 52.1. The largest absolute Gasteiger partial charge is 0.477 e. The average molecular weight is 437 g/mol. The van der Waals surface area contributed by atoms with Crippen molar-refractivity contribution >= 4 is 17.8 Å². The van der Waals surface area contributed by atoms with Crippen molar-refractivity contribution in [1.29, 1.82) is 0 Å². The predicted molar refractivity (Wildman–Crippen MR) is 99.2 cm³/mol. The Kier molecular flexibility index (Phi) is 10.0. The number of hydrogen-bond acceptors (Lipinski definition) is 11. The topological polar surface area (TPSA) is 235 Å². The zero-order valence-corrected chi connectivity index (χ0v) is 16.6. The van der Waals surface area contributed by atoms with E-state index in [1.54, 1.807) is 0 Å². The van der Waals surface area contributed by atoms with Crippen molar-refractivity contribution in [3.8, 4) is 0 Å². The zero-order valence-electron chi connectivity index (χ0n) is 16.6. The van der Waals surface area contributed by atoms with Crippen LogP contribution in [0.2, 0.25) is 0 Å². The second-order valence-electron chi connectivity index (χ2n) is 7.30. The Hall–Kier alpha value is -1.87. The molecule has 1 amide bonds. The Morgan fingerprint density at radius 1 is 1.33 bits per heavy atom. The number of nitrogens with two attached hydrogens (primary N) is 2. The van der Waals surface area contributed by atoms with Crippen molar-refractivity contribution in [3.05, 3.63) is 0 Å². The Labute approximate surface area is 172 Å². The van der Waals surface area contributed by atoms with Crippen LogP contribution in [0.25, 0.3) is 0 Å². The Bertz CT molecular complexity index is 606. The summed E-state index contributed by atoms with van der Waals surface area (Å²) in [6.07, 6.45) is -6.47. The number of hydrogen-bond donors (Lipinski definition) is 8. The highest BCUT2D eigenvalue weighted by atomic mass is 16.7. The van der Waals surface area contributed by atoms with Crippen LogP contribution in [-0.4, -0.2) is 92.9 Å². The van der Waals surface area contributed by atoms with Crippen molar-refractivity contribution < 1.29 is 49.4 Å². The monoisotopic (exact) mass is 437 g/mol. The van der Waals surface area contributed by atoms with Crippen LogP contribution in [0.1, 0.15) is 32.6 Å². The number of rotatable bonds is 11. The third-order valence-corrected chi connectivity index (χ3v) is 4.70. The SMILES string of the molecule is CC(=O)N[C@@H](O)[C@@H]1[C@H](C[C@H](O)COC(=O)[C@H](N)CCCN)O[C@](O)(C(=O)O)C[C@@H]1O. The molecule has 0 aromatic heterocycles. The lowest BCUT2D eigenvalue weighted by atomic mass is 9.83. The van der Waals surface area contributed by atoms with Gasteiger partial charge in [-0.3, -0.25) is 9.59 Å². The molecular weight excluding hydrogens is 406 g/mol. The molecule has 30 heavy (non-hydrogen) atoms. The van der Waals surface area contributed by atoms with Gasteiger partial charge in [0.05, 0.1) is 24.2 Å². The fraction of sp³-hybridized carbons (Fsp3) is 0.824. The van der Waals surface area contributed by atoms with Crippen LogP contribution in [0.15, 0.2) is 0 Å². The van der Waals surface area contributed by atoms with E-state index >= 15 is 0 Å². The molecule has 7 atom stereocenters. The molecule has 0 spiro atoms. The molecule has 0 bridgehead atoms. The first-order valence-electron chi connectivity index (χ1n) is 9.48. The van der Waals surface area contributed by atoms with E-state index in [0.717, 1.165) is 6.92 Å². The van der Waals surface area contributed by atoms with E-state index in [-0.39, 0.29) is 0 Å². The molecular formula is C17H31N3O10. The number of nitrogens with one attached hydrogen (secondary N) is 1. The van der Waals surface area contributed by atoms with E-state index in [0.29, 0.717) is 19.4 Å². The maximum Gasteiger partial charge on any atom is 0.364 e. The molecule has 13 heteroatoms. The van der Waals surface area contributed by atoms with Gasteiger partial charge in [-0.2, -0.15) is 0 Å². The molecule has 0 unspecified atom stereocenters. The fourth-order valence-electron chi connectivity index (χ4n) is 3.18. The standard InChI is InChI=1S/C17H31N3O10/c1-8(21)20-14(24)13-11(23)6-17(28,16(26)27)30-12(13)5-9(22)7-29-15(25)10(19)3-2-4-18/h9-14,22-24,28H,2-7,18-19H2,1H3,(H,20,21)(H,26,27)/t9-,10+,11-,12-,13-,14-,17-/m0/s1. The molecule has 1 heterocycles. The summed E-state index contributed by atoms with van der Waals surface area (Å²) in [6, 6.07) is -0.931. The van der Waals surface area contributed by atoms with Gasteiger partial charge in [0.25, 0.3) is 5.79 Å². The lowest BCUT2D eigenvalue weighted by Gasteiger charge is -2.44. The Morgan fingerprint density at radius 3 is 2.50 bits per heavy atom. The number of aliphatic hydroxyl groups excluding tert-OH is 3. The van der Waals surface area contributed by atoms with Crippen LogP contribution in [0, 0.1) is 5.92 Å². The average Bonchev–Trinajstić information content (AvgIpc) is 2.62. The lowest BCUT2D eigenvalue weighted by Crippen LogP contribution is -2.61. The van der Waals surface area contributed by atoms with Gasteiger partial charge in [-0.15, -0.1) is 0 Å². The van der Waals surface area contributed by atoms with Crippen LogP contribution < -0.4 is 16.8 Å². The van der Waals surface area contributed by atoms with E-state index in [9.17, 15) is 39.9 Å². The van der Waals surface area contributed by atoms with Crippen molar-refractivity contribution in [2.24, 2.45) is 17.4 Å². The highest BCUT2D eigenvalue weighted by Gasteiger charge is 2.53. The molecule has 1 aliphatic rings. The molecule has 0 aromatic rings. The first-order valence-corrected chi connectivity index (χ1v) is 9.48. The summed E-state index contributed by atoms with van der Waals surface area (Å²) < 4.78 is 10.1. The normalized spacial score (nSPS) is 29.5. The number of carbonyl (C=O) groups excluding carboxylic acids is 2. The van der Waals surface area contributed by atoms with Gasteiger partial charge < -0.3 is 51.8 Å². The number of aliphatic hydroxyl groups is 4. The van der Waals surface area contributed by atoms with Crippen LogP contribution in [-0.2, 0) is 23.9 Å². The molecule has 1 fully saturated rings. The van der Waals surface area contributed by atoms with Crippen LogP contribution >= 0.6 is 0 Å². The summed E-state index contributed by atoms with van der Waals surface area (Å²) in [7, 11) is 0. The van der Waals surface area contributed by atoms with Crippen molar-refractivity contribution in [3.63, 3.8) is 0 Å². The molecule has 0 aromatic carbocycles. The Balaban J connectivity index is 2.83. The molecule has 13 nitrogen and oxygen atoms in total. The number of ether oxygens (including phenoxy) is 2. The molecule has 0 radical (unpaired) electrons. The van der Waals surface area contributed by atoms with Crippen LogP contribution in [0.3, 0.4) is 0 Å². The van der Waals surface area contributed by atoms with Gasteiger partial charge in [0.2, 0.25) is 5.91 Å². The van der Waals surface area contributed by atoms with E-state index in [1.165, 1.54) is 0 Å². The Morgan fingerprint density at radius 2 is 1.97 bits per heavy atom. The lowest BCUT2D eigenvalue weighted by molar-refractivity contribution is -0.297. The summed E-state index contributed by atoms with van der Waals surface area (Å²) in [5.74, 6) is -7.22.